The Labute approximate surface area is 177 Å². The van der Waals surface area contributed by atoms with Crippen LogP contribution in [0.1, 0.15) is 24.2 Å². The number of pyridine rings is 2. The Bertz CT molecular complexity index is 1040. The molecule has 1 amide bonds. The van der Waals surface area contributed by atoms with E-state index in [0.717, 1.165) is 18.3 Å². The third-order valence-electron chi connectivity index (χ3n) is 5.10. The van der Waals surface area contributed by atoms with Crippen LogP contribution in [0.5, 0.6) is 0 Å². The molecule has 2 N–H and O–H groups in total. The summed E-state index contributed by atoms with van der Waals surface area (Å²) >= 11 is 0. The van der Waals surface area contributed by atoms with E-state index < -0.39 is 41.5 Å². The standard InChI is InChI=1S/C19H17F6N5O2/c1-9-8-30(5-4-26-9)13-7-10(18(20,21)22)6-12(28-13)11-2-3-27-16-14(11)15(19(23,24)25)32-17(31)29-16/h2-3,6-7,9,15,26H,4-5,8H2,1H3,(H,27,29,31)/t9-,15+/m1/s1. The van der Waals surface area contributed by atoms with Crippen molar-refractivity contribution >= 4 is 17.7 Å². The number of halogens is 6. The van der Waals surface area contributed by atoms with Gasteiger partial charge in [0.2, 0.25) is 6.10 Å². The molecule has 0 aliphatic carbocycles. The highest BCUT2D eigenvalue weighted by molar-refractivity contribution is 5.89. The first kappa shape index (κ1) is 22.1. The van der Waals surface area contributed by atoms with Gasteiger partial charge in [-0.25, -0.2) is 14.8 Å². The number of ether oxygens (including phenoxy) is 1. The van der Waals surface area contributed by atoms with Gasteiger partial charge in [-0.1, -0.05) is 0 Å². The molecule has 2 atom stereocenters. The number of hydrogen-bond donors (Lipinski definition) is 2. The lowest BCUT2D eigenvalue weighted by atomic mass is 9.98. The minimum absolute atomic E-state index is 0.0157. The van der Waals surface area contributed by atoms with Gasteiger partial charge >= 0.3 is 18.4 Å². The second-order valence-electron chi connectivity index (χ2n) is 7.47. The zero-order valence-electron chi connectivity index (χ0n) is 16.5. The molecule has 0 saturated carbocycles. The van der Waals surface area contributed by atoms with Crippen molar-refractivity contribution in [3.63, 3.8) is 0 Å². The van der Waals surface area contributed by atoms with Gasteiger partial charge in [-0.3, -0.25) is 5.32 Å². The van der Waals surface area contributed by atoms with Gasteiger partial charge in [-0.05, 0) is 25.1 Å². The molecule has 0 spiro atoms. The fourth-order valence-electron chi connectivity index (χ4n) is 3.70. The molecule has 2 aromatic rings. The average Bonchev–Trinajstić information content (AvgIpc) is 2.71. The summed E-state index contributed by atoms with van der Waals surface area (Å²) in [4.78, 5) is 21.2. The molecule has 32 heavy (non-hydrogen) atoms. The summed E-state index contributed by atoms with van der Waals surface area (Å²) in [5, 5.41) is 5.22. The Morgan fingerprint density at radius 2 is 1.94 bits per heavy atom. The zero-order valence-corrected chi connectivity index (χ0v) is 16.5. The van der Waals surface area contributed by atoms with Crippen molar-refractivity contribution < 1.29 is 35.9 Å². The Balaban J connectivity index is 1.90. The van der Waals surface area contributed by atoms with Crippen LogP contribution in [-0.4, -0.2) is 47.9 Å². The van der Waals surface area contributed by atoms with E-state index in [2.05, 4.69) is 25.3 Å². The lowest BCUT2D eigenvalue weighted by molar-refractivity contribution is -0.206. The minimum atomic E-state index is -5.01. The summed E-state index contributed by atoms with van der Waals surface area (Å²) in [6.07, 6.45) is -12.7. The summed E-state index contributed by atoms with van der Waals surface area (Å²) in [5.74, 6) is -0.462. The first-order chi connectivity index (χ1) is 14.9. The molecule has 4 heterocycles. The van der Waals surface area contributed by atoms with E-state index >= 15 is 0 Å². The minimum Gasteiger partial charge on any atom is -0.431 e. The van der Waals surface area contributed by atoms with Crippen LogP contribution in [0.3, 0.4) is 0 Å². The molecule has 0 radical (unpaired) electrons. The number of rotatable bonds is 2. The highest BCUT2D eigenvalue weighted by Gasteiger charge is 2.49. The highest BCUT2D eigenvalue weighted by atomic mass is 19.4. The van der Waals surface area contributed by atoms with E-state index in [0.29, 0.717) is 25.7 Å². The second-order valence-corrected chi connectivity index (χ2v) is 7.47. The Morgan fingerprint density at radius 3 is 2.59 bits per heavy atom. The van der Waals surface area contributed by atoms with Crippen LogP contribution in [-0.2, 0) is 10.9 Å². The van der Waals surface area contributed by atoms with Gasteiger partial charge in [0.1, 0.15) is 11.6 Å². The predicted molar refractivity (Wildman–Crippen MR) is 101 cm³/mol. The average molecular weight is 461 g/mol. The van der Waals surface area contributed by atoms with Crippen molar-refractivity contribution in [1.82, 2.24) is 15.3 Å². The van der Waals surface area contributed by atoms with Gasteiger partial charge < -0.3 is 15.0 Å². The monoisotopic (exact) mass is 461 g/mol. The van der Waals surface area contributed by atoms with Crippen molar-refractivity contribution in [3.8, 4) is 11.3 Å². The maximum Gasteiger partial charge on any atom is 0.430 e. The number of nitrogens with one attached hydrogen (secondary N) is 2. The number of piperazine rings is 1. The lowest BCUT2D eigenvalue weighted by Crippen LogP contribution is -2.49. The SMILES string of the molecule is C[C@@H]1CN(c2cc(C(F)(F)F)cc(-c3ccnc4c3[C@@H](C(F)(F)F)OC(=O)N4)n2)CCN1. The summed E-state index contributed by atoms with van der Waals surface area (Å²) in [6, 6.07) is 2.64. The second kappa shape index (κ2) is 7.80. The van der Waals surface area contributed by atoms with E-state index in [1.54, 1.807) is 4.90 Å². The first-order valence-corrected chi connectivity index (χ1v) is 9.54. The fourth-order valence-corrected chi connectivity index (χ4v) is 3.70. The summed E-state index contributed by atoms with van der Waals surface area (Å²) in [6.45, 7) is 3.10. The molecule has 172 valence electrons. The quantitative estimate of drug-likeness (QED) is 0.655. The van der Waals surface area contributed by atoms with E-state index in [1.807, 2.05) is 6.92 Å². The molecule has 0 unspecified atom stereocenters. The van der Waals surface area contributed by atoms with E-state index in [9.17, 15) is 31.1 Å². The molecule has 2 aliphatic heterocycles. The fraction of sp³-hybridized carbons (Fsp3) is 0.421. The number of carbonyl (C=O) groups excluding carboxylic acids is 1. The van der Waals surface area contributed by atoms with Crippen molar-refractivity contribution in [3.05, 3.63) is 35.5 Å². The number of anilines is 2. The number of aromatic nitrogens is 2. The predicted octanol–water partition coefficient (Wildman–Crippen LogP) is 4.13. The van der Waals surface area contributed by atoms with Gasteiger partial charge in [0.25, 0.3) is 0 Å². The first-order valence-electron chi connectivity index (χ1n) is 9.54. The maximum absolute atomic E-state index is 13.6. The molecular formula is C19H17F6N5O2. The van der Waals surface area contributed by atoms with Gasteiger partial charge in [-0.2, -0.15) is 26.3 Å². The highest BCUT2D eigenvalue weighted by Crippen LogP contribution is 2.46. The van der Waals surface area contributed by atoms with Gasteiger partial charge in [0, 0.05) is 37.4 Å². The third-order valence-corrected chi connectivity index (χ3v) is 5.10. The van der Waals surface area contributed by atoms with Crippen LogP contribution in [0, 0.1) is 0 Å². The summed E-state index contributed by atoms with van der Waals surface area (Å²) < 4.78 is 86.2. The molecule has 0 bridgehead atoms. The molecule has 7 nitrogen and oxygen atoms in total. The number of amides is 1. The molecular weight excluding hydrogens is 444 g/mol. The molecule has 2 aliphatic rings. The van der Waals surface area contributed by atoms with Crippen LogP contribution in [0.4, 0.5) is 42.8 Å². The van der Waals surface area contributed by atoms with E-state index in [4.69, 9.17) is 0 Å². The molecule has 1 fully saturated rings. The van der Waals surface area contributed by atoms with Crippen molar-refractivity contribution in [1.29, 1.82) is 0 Å². The molecule has 13 heteroatoms. The van der Waals surface area contributed by atoms with Crippen LogP contribution >= 0.6 is 0 Å². The molecule has 1 saturated heterocycles. The smallest absolute Gasteiger partial charge is 0.430 e. The Hall–Kier alpha value is -3.09. The summed E-state index contributed by atoms with van der Waals surface area (Å²) in [5.41, 5.74) is -2.27. The number of hydrogen-bond acceptors (Lipinski definition) is 6. The summed E-state index contributed by atoms with van der Waals surface area (Å²) in [7, 11) is 0. The number of cyclic esters (lactones) is 1. The van der Waals surface area contributed by atoms with Crippen LogP contribution in [0.2, 0.25) is 0 Å². The van der Waals surface area contributed by atoms with Crippen LogP contribution < -0.4 is 15.5 Å². The number of fused-ring (bicyclic) bond motifs is 1. The molecule has 4 rings (SSSR count). The van der Waals surface area contributed by atoms with Crippen molar-refractivity contribution in [2.75, 3.05) is 29.9 Å². The van der Waals surface area contributed by atoms with Gasteiger partial charge in [0.05, 0.1) is 16.8 Å². The van der Waals surface area contributed by atoms with E-state index in [1.165, 1.54) is 0 Å². The number of nitrogens with zero attached hydrogens (tertiary/aromatic N) is 3. The van der Waals surface area contributed by atoms with Crippen molar-refractivity contribution in [2.45, 2.75) is 31.4 Å². The van der Waals surface area contributed by atoms with Gasteiger partial charge in [0.15, 0.2) is 0 Å². The lowest BCUT2D eigenvalue weighted by Gasteiger charge is -2.33. The van der Waals surface area contributed by atoms with Crippen LogP contribution in [0.15, 0.2) is 24.4 Å². The van der Waals surface area contributed by atoms with Gasteiger partial charge in [-0.15, -0.1) is 0 Å². The molecule has 2 aromatic heterocycles. The molecule has 0 aromatic carbocycles. The largest absolute Gasteiger partial charge is 0.431 e. The topological polar surface area (TPSA) is 79.4 Å². The van der Waals surface area contributed by atoms with Crippen molar-refractivity contribution in [2.24, 2.45) is 0 Å². The maximum atomic E-state index is 13.6. The Morgan fingerprint density at radius 1 is 1.19 bits per heavy atom. The number of alkyl halides is 6. The third kappa shape index (κ3) is 4.29. The normalized spacial score (nSPS) is 21.6. The zero-order chi connectivity index (χ0) is 23.3. The Kier molecular flexibility index (Phi) is 5.39. The van der Waals surface area contributed by atoms with E-state index in [-0.39, 0.29) is 23.1 Å². The number of carbonyl (C=O) groups is 1. The van der Waals surface area contributed by atoms with Crippen LogP contribution in [0.25, 0.3) is 11.3 Å².